The molecule has 112 heavy (non-hydrogen) atoms. The summed E-state index contributed by atoms with van der Waals surface area (Å²) in [6, 6.07) is 14.3. The Morgan fingerprint density at radius 3 is 0.920 bits per heavy atom. The van der Waals surface area contributed by atoms with Gasteiger partial charge in [-0.25, -0.2) is 19.2 Å². The number of benzene rings is 4. The van der Waals surface area contributed by atoms with Gasteiger partial charge < -0.3 is 101 Å². The number of hydrogen-bond acceptors (Lipinski definition) is 28. The van der Waals surface area contributed by atoms with Crippen molar-refractivity contribution < 1.29 is 116 Å². The van der Waals surface area contributed by atoms with Crippen molar-refractivity contribution in [2.45, 2.75) is 260 Å². The van der Waals surface area contributed by atoms with E-state index in [-0.39, 0.29) is 135 Å². The van der Waals surface area contributed by atoms with Gasteiger partial charge in [0, 0.05) is 38.5 Å². The topological polar surface area (TPSA) is 472 Å². The van der Waals surface area contributed by atoms with Gasteiger partial charge in [0.25, 0.3) is 0 Å². The third kappa shape index (κ3) is 47.9. The molecule has 0 aliphatic heterocycles. The standard InChI is InChI=1S/2C23H35NO7.2C17H26N2O5.2ClH/c1-6-8-10-20(26)30-19-12-11-16(15-18(19)25)14-17(21(27)29-13-9-7-2)24-22(28)31-23(3,4)5;1-6-8-10-20(26)30-19-15-16(11-12-18(19)25)14-17(21(27)29-13-9-7-2)24-22(28)31-23(3,4)5;1-2-3-9-23-17(22)13(19)10-12-6-7-15(14(20)11-12)24-16(21)5-4-8-18;1-2-3-9-23-17(22)13(19)10-12-6-7-14(20)15(11-12)24-16(21)5-4-8-18;;/h2*11-12,15,17,25H,6-10,13-14H2,1-5H3,(H,24,28);2*6-7,11,13,20H,2-5,8-10,18-19H2,1H3;2*1H/t2*17-;2*13-;;/m0000../s1. The zero-order chi connectivity index (χ0) is 82.8. The summed E-state index contributed by atoms with van der Waals surface area (Å²) in [5.74, 6) is -4.50. The summed E-state index contributed by atoms with van der Waals surface area (Å²) in [7, 11) is 0. The lowest BCUT2D eigenvalue weighted by atomic mass is 10.1. The van der Waals surface area contributed by atoms with Gasteiger partial charge in [0.1, 0.15) is 35.4 Å². The molecular formula is C80H124Cl2N6O24. The lowest BCUT2D eigenvalue weighted by Gasteiger charge is -2.23. The predicted molar refractivity (Wildman–Crippen MR) is 426 cm³/mol. The number of nitrogens with one attached hydrogen (secondary N) is 2. The highest BCUT2D eigenvalue weighted by molar-refractivity contribution is 5.86. The first kappa shape index (κ1) is 105. The van der Waals surface area contributed by atoms with E-state index in [4.69, 9.17) is 70.3 Å². The lowest BCUT2D eigenvalue weighted by Crippen LogP contribution is -2.45. The van der Waals surface area contributed by atoms with Crippen LogP contribution in [-0.4, -0.2) is 155 Å². The van der Waals surface area contributed by atoms with Gasteiger partial charge in [-0.1, -0.05) is 104 Å². The molecule has 32 heteroatoms. The third-order valence-electron chi connectivity index (χ3n) is 14.9. The number of rotatable bonds is 42. The number of phenols is 4. The molecule has 0 saturated carbocycles. The molecule has 0 aromatic heterocycles. The van der Waals surface area contributed by atoms with Gasteiger partial charge in [0.15, 0.2) is 46.0 Å². The van der Waals surface area contributed by atoms with E-state index in [0.717, 1.165) is 51.4 Å². The fourth-order valence-corrected chi connectivity index (χ4v) is 9.03. The van der Waals surface area contributed by atoms with Crippen molar-refractivity contribution in [2.24, 2.45) is 22.9 Å². The predicted octanol–water partition coefficient (Wildman–Crippen LogP) is 11.9. The van der Waals surface area contributed by atoms with Crippen molar-refractivity contribution in [2.75, 3.05) is 39.5 Å². The monoisotopic (exact) mass is 1620 g/mol. The second-order valence-corrected chi connectivity index (χ2v) is 27.6. The number of carbonyl (C=O) groups is 10. The Kier molecular flexibility index (Phi) is 54.9. The van der Waals surface area contributed by atoms with Gasteiger partial charge in [0.2, 0.25) is 0 Å². The van der Waals surface area contributed by atoms with Crippen molar-refractivity contribution in [3.8, 4) is 46.0 Å². The van der Waals surface area contributed by atoms with Crippen LogP contribution in [0.4, 0.5) is 9.59 Å². The summed E-state index contributed by atoms with van der Waals surface area (Å²) in [6.07, 6.45) is 10.7. The Hall–Kier alpha value is -9.20. The Morgan fingerprint density at radius 2 is 0.625 bits per heavy atom. The highest BCUT2D eigenvalue weighted by Gasteiger charge is 2.29. The normalized spacial score (nSPS) is 11.7. The number of amides is 2. The maximum absolute atomic E-state index is 12.5. The Morgan fingerprint density at radius 1 is 0.357 bits per heavy atom. The number of alkyl carbamates (subject to hydrolysis) is 2. The van der Waals surface area contributed by atoms with Crippen LogP contribution in [0.25, 0.3) is 0 Å². The number of esters is 8. The molecule has 0 spiro atoms. The summed E-state index contributed by atoms with van der Waals surface area (Å²) < 4.78 is 51.7. The molecule has 4 atom stereocenters. The van der Waals surface area contributed by atoms with E-state index < -0.39 is 95.3 Å². The molecule has 0 fully saturated rings. The van der Waals surface area contributed by atoms with Crippen LogP contribution >= 0.6 is 24.8 Å². The smallest absolute Gasteiger partial charge is 0.408 e. The number of ether oxygens (including phenoxy) is 10. The molecule has 4 aromatic carbocycles. The van der Waals surface area contributed by atoms with Crippen molar-refractivity contribution >= 4 is 84.8 Å². The first-order valence-electron chi connectivity index (χ1n) is 37.7. The number of halogens is 2. The molecule has 0 unspecified atom stereocenters. The maximum Gasteiger partial charge on any atom is 0.408 e. The number of hydrogen-bond donors (Lipinski definition) is 10. The van der Waals surface area contributed by atoms with Crippen LogP contribution < -0.4 is 52.5 Å². The van der Waals surface area contributed by atoms with Gasteiger partial charge in [0.05, 0.1) is 26.4 Å². The highest BCUT2D eigenvalue weighted by Crippen LogP contribution is 2.32. The van der Waals surface area contributed by atoms with Crippen LogP contribution in [0.15, 0.2) is 72.8 Å². The highest BCUT2D eigenvalue weighted by atomic mass is 35.5. The molecule has 30 nitrogen and oxygen atoms in total. The number of aromatic hydroxyl groups is 4. The van der Waals surface area contributed by atoms with Crippen LogP contribution in [0.3, 0.4) is 0 Å². The minimum atomic E-state index is -1.00. The van der Waals surface area contributed by atoms with Crippen molar-refractivity contribution in [1.82, 2.24) is 10.6 Å². The third-order valence-corrected chi connectivity index (χ3v) is 14.9. The van der Waals surface area contributed by atoms with Gasteiger partial charge in [-0.05, 0) is 190 Å². The SMILES string of the molecule is CCCCOC(=O)[C@@H](N)Cc1ccc(O)c(OC(=O)CCCN)c1.CCCCOC(=O)[C@@H](N)Cc1ccc(OC(=O)CCCN)c(O)c1.CCCCOC(=O)[C@H](Cc1ccc(O)c(OC(=O)CCCC)c1)NC(=O)OC(C)(C)C.CCCCOC(=O)[C@H](Cc1ccc(OC(=O)CCCC)c(O)c1)NC(=O)OC(C)(C)C.Cl.Cl. The molecule has 0 aliphatic carbocycles. The fourth-order valence-electron chi connectivity index (χ4n) is 9.03. The van der Waals surface area contributed by atoms with Gasteiger partial charge in [-0.2, -0.15) is 0 Å². The molecule has 0 bridgehead atoms. The summed E-state index contributed by atoms with van der Waals surface area (Å²) in [4.78, 5) is 120. The zero-order valence-corrected chi connectivity index (χ0v) is 68.7. The van der Waals surface area contributed by atoms with Crippen LogP contribution in [0, 0.1) is 0 Å². The molecular weight excluding hydrogens is 1500 g/mol. The van der Waals surface area contributed by atoms with E-state index >= 15 is 0 Å². The first-order valence-corrected chi connectivity index (χ1v) is 37.7. The number of unbranched alkanes of at least 4 members (excludes halogenated alkanes) is 6. The second-order valence-electron chi connectivity index (χ2n) is 27.6. The molecule has 14 N–H and O–H groups in total. The minimum Gasteiger partial charge on any atom is -0.504 e. The van der Waals surface area contributed by atoms with Crippen LogP contribution in [0.5, 0.6) is 46.0 Å². The summed E-state index contributed by atoms with van der Waals surface area (Å²) in [6.45, 7) is 24.2. The Labute approximate surface area is 671 Å². The van der Waals surface area contributed by atoms with E-state index in [1.54, 1.807) is 65.8 Å². The molecule has 0 radical (unpaired) electrons. The molecule has 0 saturated heterocycles. The number of phenolic OH excluding ortho intramolecular Hbond substituents is 4. The average molecular weight is 1620 g/mol. The summed E-state index contributed by atoms with van der Waals surface area (Å²) in [5.41, 5.74) is 23.3. The quantitative estimate of drug-likeness (QED) is 0.00852. The molecule has 632 valence electrons. The molecule has 2 amide bonds. The Bertz CT molecular complexity index is 3480. The van der Waals surface area contributed by atoms with E-state index in [1.807, 2.05) is 41.5 Å². The minimum absolute atomic E-state index is 0. The van der Waals surface area contributed by atoms with E-state index in [9.17, 15) is 68.4 Å². The number of carbonyl (C=O) groups excluding carboxylic acids is 10. The molecule has 4 aromatic rings. The van der Waals surface area contributed by atoms with Gasteiger partial charge in [-0.15, -0.1) is 24.8 Å². The molecule has 0 heterocycles. The zero-order valence-electron chi connectivity index (χ0n) is 67.1. The summed E-state index contributed by atoms with van der Waals surface area (Å²) >= 11 is 0. The van der Waals surface area contributed by atoms with Gasteiger partial charge >= 0.3 is 59.9 Å². The van der Waals surface area contributed by atoms with Crippen LogP contribution in [-0.2, 0) is 92.5 Å². The fraction of sp³-hybridized carbons (Fsp3) is 0.575. The van der Waals surface area contributed by atoms with Crippen LogP contribution in [0.2, 0.25) is 0 Å². The van der Waals surface area contributed by atoms with E-state index in [1.165, 1.54) is 48.5 Å². The average Bonchev–Trinajstić information content (AvgIpc) is 0.857. The molecule has 0 aliphatic rings. The largest absolute Gasteiger partial charge is 0.504 e. The molecule has 4 rings (SSSR count). The van der Waals surface area contributed by atoms with Crippen LogP contribution in [0.1, 0.15) is 221 Å². The second kappa shape index (κ2) is 58.7. The van der Waals surface area contributed by atoms with E-state index in [0.29, 0.717) is 87.1 Å². The number of nitrogens with two attached hydrogens (primary N) is 4. The van der Waals surface area contributed by atoms with Crippen molar-refractivity contribution in [1.29, 1.82) is 0 Å². The van der Waals surface area contributed by atoms with Gasteiger partial charge in [-0.3, -0.25) is 28.8 Å². The van der Waals surface area contributed by atoms with Crippen molar-refractivity contribution in [3.05, 3.63) is 95.1 Å². The maximum atomic E-state index is 12.5. The van der Waals surface area contributed by atoms with E-state index in [2.05, 4.69) is 10.6 Å². The first-order chi connectivity index (χ1) is 52.0. The Balaban J connectivity index is 0. The lowest BCUT2D eigenvalue weighted by molar-refractivity contribution is -0.147. The van der Waals surface area contributed by atoms with Crippen molar-refractivity contribution in [3.63, 3.8) is 0 Å². The summed E-state index contributed by atoms with van der Waals surface area (Å²) in [5, 5.41) is 45.0.